The quantitative estimate of drug-likeness (QED) is 0.757. The molecule has 6 nitrogen and oxygen atoms in total. The Balaban J connectivity index is 1.42. The van der Waals surface area contributed by atoms with Crippen molar-refractivity contribution < 1.29 is 19.1 Å². The second kappa shape index (κ2) is 5.22. The highest BCUT2D eigenvalue weighted by Crippen LogP contribution is 2.34. The third-order valence-corrected chi connectivity index (χ3v) is 3.75. The summed E-state index contributed by atoms with van der Waals surface area (Å²) in [4.78, 5) is 11.7. The summed E-state index contributed by atoms with van der Waals surface area (Å²) in [5.41, 5.74) is 0. The average Bonchev–Trinajstić information content (AvgIpc) is 3.12. The minimum atomic E-state index is -0.822. The second-order valence-corrected chi connectivity index (χ2v) is 5.10. The second-order valence-electron chi connectivity index (χ2n) is 5.10. The molecule has 0 spiro atoms. The first kappa shape index (κ1) is 12.5. The van der Waals surface area contributed by atoms with Crippen LogP contribution in [0.1, 0.15) is 31.1 Å². The number of hydrogen-bond acceptors (Lipinski definition) is 4. The Morgan fingerprint density at radius 3 is 3.05 bits per heavy atom. The van der Waals surface area contributed by atoms with Crippen molar-refractivity contribution in [1.29, 1.82) is 0 Å². The van der Waals surface area contributed by atoms with Gasteiger partial charge in [0.25, 0.3) is 0 Å². The number of aliphatic hydroxyl groups excluding tert-OH is 1. The Hall–Kier alpha value is -1.53. The summed E-state index contributed by atoms with van der Waals surface area (Å²) in [7, 11) is 0. The molecule has 0 aliphatic carbocycles. The van der Waals surface area contributed by atoms with Crippen LogP contribution in [0.3, 0.4) is 0 Å². The molecule has 2 bridgehead atoms. The van der Waals surface area contributed by atoms with Crippen molar-refractivity contribution >= 4 is 6.03 Å². The lowest BCUT2D eigenvalue weighted by Crippen LogP contribution is -2.47. The molecule has 1 aromatic heterocycles. The van der Waals surface area contributed by atoms with Crippen molar-refractivity contribution in [3.63, 3.8) is 0 Å². The maximum Gasteiger partial charge on any atom is 0.315 e. The molecular formula is C13H18N2O4. The average molecular weight is 266 g/mol. The highest BCUT2D eigenvalue weighted by atomic mass is 16.5. The molecule has 3 heterocycles. The monoisotopic (exact) mass is 266 g/mol. The van der Waals surface area contributed by atoms with Gasteiger partial charge in [-0.3, -0.25) is 0 Å². The molecule has 2 saturated heterocycles. The van der Waals surface area contributed by atoms with Gasteiger partial charge in [0, 0.05) is 0 Å². The van der Waals surface area contributed by atoms with E-state index in [9.17, 15) is 9.90 Å². The van der Waals surface area contributed by atoms with Crippen molar-refractivity contribution in [3.8, 4) is 0 Å². The summed E-state index contributed by atoms with van der Waals surface area (Å²) in [6, 6.07) is 3.20. The molecule has 2 amide bonds. The van der Waals surface area contributed by atoms with Crippen LogP contribution in [-0.4, -0.2) is 35.9 Å². The normalized spacial score (nSPS) is 30.3. The van der Waals surface area contributed by atoms with Crippen molar-refractivity contribution in [2.24, 2.45) is 0 Å². The lowest BCUT2D eigenvalue weighted by atomic mass is 9.96. The number of aliphatic hydroxyl groups is 1. The Bertz CT molecular complexity index is 434. The van der Waals surface area contributed by atoms with E-state index in [2.05, 4.69) is 10.6 Å². The van der Waals surface area contributed by atoms with Gasteiger partial charge in [-0.1, -0.05) is 0 Å². The first-order valence-electron chi connectivity index (χ1n) is 6.63. The Morgan fingerprint density at radius 1 is 1.53 bits per heavy atom. The molecule has 2 aliphatic rings. The SMILES string of the molecule is O=C(NCC(O)c1ccco1)NC1CC2CCC1O2. The van der Waals surface area contributed by atoms with Gasteiger partial charge < -0.3 is 24.9 Å². The fourth-order valence-corrected chi connectivity index (χ4v) is 2.78. The van der Waals surface area contributed by atoms with Crippen molar-refractivity contribution in [2.75, 3.05) is 6.54 Å². The lowest BCUT2D eigenvalue weighted by Gasteiger charge is -2.20. The fourth-order valence-electron chi connectivity index (χ4n) is 2.78. The van der Waals surface area contributed by atoms with Crippen molar-refractivity contribution in [1.82, 2.24) is 10.6 Å². The molecule has 3 N–H and O–H groups in total. The van der Waals surface area contributed by atoms with Gasteiger partial charge in [-0.05, 0) is 31.4 Å². The maximum atomic E-state index is 11.7. The summed E-state index contributed by atoms with van der Waals surface area (Å²) in [5, 5.41) is 15.3. The Morgan fingerprint density at radius 2 is 2.42 bits per heavy atom. The molecule has 104 valence electrons. The predicted octanol–water partition coefficient (Wildman–Crippen LogP) is 0.932. The van der Waals surface area contributed by atoms with Gasteiger partial charge in [0.2, 0.25) is 0 Å². The van der Waals surface area contributed by atoms with Crippen LogP contribution in [0.2, 0.25) is 0 Å². The first-order chi connectivity index (χ1) is 9.22. The molecule has 2 aliphatic heterocycles. The highest BCUT2D eigenvalue weighted by Gasteiger charge is 2.41. The molecule has 4 atom stereocenters. The van der Waals surface area contributed by atoms with E-state index in [-0.39, 0.29) is 24.7 Å². The number of hydrogen-bond donors (Lipinski definition) is 3. The predicted molar refractivity (Wildman–Crippen MR) is 66.5 cm³/mol. The number of fused-ring (bicyclic) bond motifs is 2. The topological polar surface area (TPSA) is 83.7 Å². The van der Waals surface area contributed by atoms with Crippen molar-refractivity contribution in [2.45, 2.75) is 43.6 Å². The van der Waals surface area contributed by atoms with Crippen LogP contribution in [0, 0.1) is 0 Å². The van der Waals surface area contributed by atoms with Gasteiger partial charge in [-0.2, -0.15) is 0 Å². The van der Waals surface area contributed by atoms with Crippen LogP contribution < -0.4 is 10.6 Å². The lowest BCUT2D eigenvalue weighted by molar-refractivity contribution is 0.0978. The zero-order valence-corrected chi connectivity index (χ0v) is 10.5. The molecule has 4 unspecified atom stereocenters. The van der Waals surface area contributed by atoms with Gasteiger partial charge in [-0.25, -0.2) is 4.79 Å². The summed E-state index contributed by atoms with van der Waals surface area (Å²) >= 11 is 0. The summed E-state index contributed by atoms with van der Waals surface area (Å²) in [6.07, 6.45) is 4.14. The van der Waals surface area contributed by atoms with E-state index in [4.69, 9.17) is 9.15 Å². The van der Waals surface area contributed by atoms with Crippen LogP contribution in [-0.2, 0) is 4.74 Å². The van der Waals surface area contributed by atoms with Crippen LogP contribution >= 0.6 is 0 Å². The third kappa shape index (κ3) is 2.74. The van der Waals surface area contributed by atoms with Crippen LogP contribution in [0.4, 0.5) is 4.79 Å². The van der Waals surface area contributed by atoms with Crippen LogP contribution in [0.5, 0.6) is 0 Å². The molecule has 1 aromatic rings. The number of nitrogens with one attached hydrogen (secondary N) is 2. The summed E-state index contributed by atoms with van der Waals surface area (Å²) < 4.78 is 10.7. The molecule has 6 heteroatoms. The number of amides is 2. The smallest absolute Gasteiger partial charge is 0.315 e. The number of furan rings is 1. The zero-order chi connectivity index (χ0) is 13.2. The molecule has 0 radical (unpaired) electrons. The van der Waals surface area contributed by atoms with Gasteiger partial charge in [0.15, 0.2) is 0 Å². The van der Waals surface area contributed by atoms with Crippen LogP contribution in [0.15, 0.2) is 22.8 Å². The minimum Gasteiger partial charge on any atom is -0.467 e. The molecule has 0 saturated carbocycles. The van der Waals surface area contributed by atoms with E-state index in [0.717, 1.165) is 19.3 Å². The molecule has 2 fully saturated rings. The standard InChI is InChI=1S/C13H18N2O4/c16-10(12-2-1-5-18-12)7-14-13(17)15-9-6-8-3-4-11(9)19-8/h1-2,5,8-11,16H,3-4,6-7H2,(H2,14,15,17). The highest BCUT2D eigenvalue weighted by molar-refractivity contribution is 5.74. The van der Waals surface area contributed by atoms with E-state index >= 15 is 0 Å². The number of rotatable bonds is 4. The minimum absolute atomic E-state index is 0.0968. The number of urea groups is 1. The van der Waals surface area contributed by atoms with Gasteiger partial charge in [0.05, 0.1) is 31.1 Å². The number of ether oxygens (including phenoxy) is 1. The number of carbonyl (C=O) groups is 1. The van der Waals surface area contributed by atoms with Gasteiger partial charge in [-0.15, -0.1) is 0 Å². The fraction of sp³-hybridized carbons (Fsp3) is 0.615. The van der Waals surface area contributed by atoms with E-state index in [0.29, 0.717) is 11.9 Å². The van der Waals surface area contributed by atoms with Crippen LogP contribution in [0.25, 0.3) is 0 Å². The molecule has 3 rings (SSSR count). The Kier molecular flexibility index (Phi) is 3.44. The third-order valence-electron chi connectivity index (χ3n) is 3.75. The van der Waals surface area contributed by atoms with E-state index in [1.165, 1.54) is 6.26 Å². The largest absolute Gasteiger partial charge is 0.467 e. The van der Waals surface area contributed by atoms with Crippen molar-refractivity contribution in [3.05, 3.63) is 24.2 Å². The molecule has 19 heavy (non-hydrogen) atoms. The first-order valence-corrected chi connectivity index (χ1v) is 6.63. The summed E-state index contributed by atoms with van der Waals surface area (Å²) in [6.45, 7) is 0.126. The van der Waals surface area contributed by atoms with E-state index < -0.39 is 6.10 Å². The van der Waals surface area contributed by atoms with E-state index in [1.807, 2.05) is 0 Å². The van der Waals surface area contributed by atoms with E-state index in [1.54, 1.807) is 12.1 Å². The maximum absolute atomic E-state index is 11.7. The van der Waals surface area contributed by atoms with Gasteiger partial charge >= 0.3 is 6.03 Å². The summed E-state index contributed by atoms with van der Waals surface area (Å²) in [5.74, 6) is 0.448. The number of carbonyl (C=O) groups excluding carboxylic acids is 1. The molecule has 0 aromatic carbocycles. The molecular weight excluding hydrogens is 248 g/mol. The Labute approximate surface area is 111 Å². The zero-order valence-electron chi connectivity index (χ0n) is 10.5. The van der Waals surface area contributed by atoms with Gasteiger partial charge in [0.1, 0.15) is 11.9 Å².